The molecule has 0 spiro atoms. The molecule has 0 aromatic carbocycles. The van der Waals surface area contributed by atoms with Crippen LogP contribution in [0.2, 0.25) is 0 Å². The van der Waals surface area contributed by atoms with Crippen molar-refractivity contribution in [3.63, 3.8) is 0 Å². The van der Waals surface area contributed by atoms with Gasteiger partial charge in [0, 0.05) is 6.54 Å². The van der Waals surface area contributed by atoms with E-state index in [1.165, 1.54) is 0 Å². The summed E-state index contributed by atoms with van der Waals surface area (Å²) in [5.41, 5.74) is 6.17. The molecule has 0 bridgehead atoms. The zero-order valence-corrected chi connectivity index (χ0v) is 7.99. The van der Waals surface area contributed by atoms with Crippen LogP contribution in [-0.2, 0) is 0 Å². The predicted molar refractivity (Wildman–Crippen MR) is 55.0 cm³/mol. The highest BCUT2D eigenvalue weighted by Crippen LogP contribution is 2.19. The van der Waals surface area contributed by atoms with Gasteiger partial charge in [0.05, 0.1) is 18.4 Å². The number of nitrogens with two attached hydrogens (primary N) is 1. The molecule has 4 heteroatoms. The van der Waals surface area contributed by atoms with Gasteiger partial charge in [0.2, 0.25) is 0 Å². The van der Waals surface area contributed by atoms with E-state index in [9.17, 15) is 4.39 Å². The van der Waals surface area contributed by atoms with E-state index in [4.69, 9.17) is 5.73 Å². The molecular weight excluding hydrogens is 181 g/mol. The summed E-state index contributed by atoms with van der Waals surface area (Å²) in [5, 5.41) is 0. The summed E-state index contributed by atoms with van der Waals surface area (Å²) < 4.78 is 13.1. The summed E-state index contributed by atoms with van der Waals surface area (Å²) in [6.45, 7) is 1.34. The molecule has 1 saturated heterocycles. The molecular formula is C10H14FN3. The molecule has 1 atom stereocenters. The molecule has 2 rings (SSSR count). The largest absolute Gasteiger partial charge is 0.397 e. The Kier molecular flexibility index (Phi) is 2.52. The minimum Gasteiger partial charge on any atom is -0.397 e. The molecule has 3 nitrogen and oxygen atoms in total. The summed E-state index contributed by atoms with van der Waals surface area (Å²) >= 11 is 0. The number of piperidine rings is 1. The molecule has 1 aromatic rings. The van der Waals surface area contributed by atoms with Gasteiger partial charge in [-0.05, 0) is 25.0 Å². The summed E-state index contributed by atoms with van der Waals surface area (Å²) in [7, 11) is 0. The standard InChI is InChI=1S/C10H14FN3/c11-8-2-1-5-14(7-8)10-4-3-9(12)6-13-10/h3-4,6,8H,1-2,5,7,12H2. The number of nitrogens with zero attached hydrogens (tertiary/aromatic N) is 2. The van der Waals surface area contributed by atoms with Gasteiger partial charge < -0.3 is 10.6 Å². The van der Waals surface area contributed by atoms with Crippen LogP contribution < -0.4 is 10.6 Å². The summed E-state index contributed by atoms with van der Waals surface area (Å²) in [6, 6.07) is 3.64. The van der Waals surface area contributed by atoms with Gasteiger partial charge >= 0.3 is 0 Å². The van der Waals surface area contributed by atoms with E-state index in [2.05, 4.69) is 4.98 Å². The van der Waals surface area contributed by atoms with Crippen LogP contribution in [0, 0.1) is 0 Å². The Morgan fingerprint density at radius 1 is 1.50 bits per heavy atom. The van der Waals surface area contributed by atoms with Crippen LogP contribution >= 0.6 is 0 Å². The van der Waals surface area contributed by atoms with Gasteiger partial charge in [0.25, 0.3) is 0 Å². The van der Waals surface area contributed by atoms with Crippen molar-refractivity contribution in [2.75, 3.05) is 23.7 Å². The van der Waals surface area contributed by atoms with E-state index in [1.54, 1.807) is 12.3 Å². The van der Waals surface area contributed by atoms with Crippen LogP contribution in [0.1, 0.15) is 12.8 Å². The second kappa shape index (κ2) is 3.82. The smallest absolute Gasteiger partial charge is 0.128 e. The number of rotatable bonds is 1. The summed E-state index contributed by atoms with van der Waals surface area (Å²) in [6.07, 6.45) is 2.46. The van der Waals surface area contributed by atoms with E-state index in [0.29, 0.717) is 18.7 Å². The van der Waals surface area contributed by atoms with E-state index in [0.717, 1.165) is 18.8 Å². The highest BCUT2D eigenvalue weighted by atomic mass is 19.1. The Balaban J connectivity index is 2.10. The van der Waals surface area contributed by atoms with Gasteiger partial charge in [0.15, 0.2) is 0 Å². The fourth-order valence-electron chi connectivity index (χ4n) is 1.72. The third kappa shape index (κ3) is 1.95. The molecule has 0 amide bonds. The van der Waals surface area contributed by atoms with Gasteiger partial charge in [-0.3, -0.25) is 0 Å². The molecule has 2 heterocycles. The van der Waals surface area contributed by atoms with E-state index < -0.39 is 6.17 Å². The number of hydrogen-bond donors (Lipinski definition) is 1. The first-order valence-electron chi connectivity index (χ1n) is 4.86. The minimum absolute atomic E-state index is 0.455. The first-order valence-corrected chi connectivity index (χ1v) is 4.86. The van der Waals surface area contributed by atoms with Crippen LogP contribution in [0.3, 0.4) is 0 Å². The Bertz CT molecular complexity index is 299. The maximum Gasteiger partial charge on any atom is 0.128 e. The Labute approximate surface area is 82.7 Å². The van der Waals surface area contributed by atoms with Gasteiger partial charge in [-0.25, -0.2) is 9.37 Å². The van der Waals surface area contributed by atoms with Crippen molar-refractivity contribution < 1.29 is 4.39 Å². The molecule has 14 heavy (non-hydrogen) atoms. The SMILES string of the molecule is Nc1ccc(N2CCCC(F)C2)nc1. The molecule has 2 N–H and O–H groups in total. The van der Waals surface area contributed by atoms with Gasteiger partial charge in [-0.15, -0.1) is 0 Å². The number of aromatic nitrogens is 1. The van der Waals surface area contributed by atoms with Crippen LogP contribution in [0.5, 0.6) is 0 Å². The van der Waals surface area contributed by atoms with E-state index >= 15 is 0 Å². The number of anilines is 2. The van der Waals surface area contributed by atoms with Crippen molar-refractivity contribution in [3.8, 4) is 0 Å². The van der Waals surface area contributed by atoms with Crippen molar-refractivity contribution in [1.82, 2.24) is 4.98 Å². The summed E-state index contributed by atoms with van der Waals surface area (Å²) in [5.74, 6) is 0.821. The number of alkyl halides is 1. The highest BCUT2D eigenvalue weighted by Gasteiger charge is 2.19. The topological polar surface area (TPSA) is 42.1 Å². The maximum absolute atomic E-state index is 13.1. The van der Waals surface area contributed by atoms with Crippen molar-refractivity contribution in [2.45, 2.75) is 19.0 Å². The second-order valence-electron chi connectivity index (χ2n) is 3.64. The molecule has 1 unspecified atom stereocenters. The van der Waals surface area contributed by atoms with Crippen molar-refractivity contribution in [1.29, 1.82) is 0 Å². The predicted octanol–water partition coefficient (Wildman–Crippen LogP) is 1.60. The molecule has 0 aliphatic carbocycles. The van der Waals surface area contributed by atoms with Crippen LogP contribution in [-0.4, -0.2) is 24.2 Å². The molecule has 0 radical (unpaired) electrons. The number of hydrogen-bond acceptors (Lipinski definition) is 3. The van der Waals surface area contributed by atoms with Crippen LogP contribution in [0.25, 0.3) is 0 Å². The average molecular weight is 195 g/mol. The van der Waals surface area contributed by atoms with Crippen molar-refractivity contribution in [3.05, 3.63) is 18.3 Å². The fraction of sp³-hybridized carbons (Fsp3) is 0.500. The van der Waals surface area contributed by atoms with Crippen LogP contribution in [0.4, 0.5) is 15.9 Å². The molecule has 76 valence electrons. The Hall–Kier alpha value is -1.32. The van der Waals surface area contributed by atoms with Crippen molar-refractivity contribution >= 4 is 11.5 Å². The Morgan fingerprint density at radius 3 is 3.00 bits per heavy atom. The quantitative estimate of drug-likeness (QED) is 0.740. The normalized spacial score (nSPS) is 22.4. The number of halogens is 1. The third-order valence-corrected chi connectivity index (χ3v) is 2.46. The molecule has 1 fully saturated rings. The lowest BCUT2D eigenvalue weighted by Gasteiger charge is -2.29. The van der Waals surface area contributed by atoms with E-state index in [1.807, 2.05) is 11.0 Å². The molecule has 0 saturated carbocycles. The average Bonchev–Trinajstić information content (AvgIpc) is 2.19. The maximum atomic E-state index is 13.1. The zero-order chi connectivity index (χ0) is 9.97. The van der Waals surface area contributed by atoms with Gasteiger partial charge in [-0.2, -0.15) is 0 Å². The molecule has 1 aromatic heterocycles. The first-order chi connectivity index (χ1) is 6.75. The fourth-order valence-corrected chi connectivity index (χ4v) is 1.72. The summed E-state index contributed by atoms with van der Waals surface area (Å²) in [4.78, 5) is 6.14. The number of pyridine rings is 1. The zero-order valence-electron chi connectivity index (χ0n) is 7.99. The highest BCUT2D eigenvalue weighted by molar-refractivity contribution is 5.46. The minimum atomic E-state index is -0.719. The lowest BCUT2D eigenvalue weighted by molar-refractivity contribution is 0.286. The molecule has 1 aliphatic rings. The van der Waals surface area contributed by atoms with Crippen molar-refractivity contribution in [2.24, 2.45) is 0 Å². The van der Waals surface area contributed by atoms with Crippen LogP contribution in [0.15, 0.2) is 18.3 Å². The van der Waals surface area contributed by atoms with E-state index in [-0.39, 0.29) is 0 Å². The lowest BCUT2D eigenvalue weighted by Crippen LogP contribution is -2.36. The number of nitrogen functional groups attached to an aromatic ring is 1. The lowest BCUT2D eigenvalue weighted by atomic mass is 10.1. The molecule has 1 aliphatic heterocycles. The monoisotopic (exact) mass is 195 g/mol. The second-order valence-corrected chi connectivity index (χ2v) is 3.64. The third-order valence-electron chi connectivity index (χ3n) is 2.46. The van der Waals surface area contributed by atoms with Gasteiger partial charge in [-0.1, -0.05) is 0 Å². The first kappa shape index (κ1) is 9.24. The van der Waals surface area contributed by atoms with Gasteiger partial charge in [0.1, 0.15) is 12.0 Å². The Morgan fingerprint density at radius 2 is 2.36 bits per heavy atom.